The van der Waals surface area contributed by atoms with E-state index < -0.39 is 14.2 Å². The van der Waals surface area contributed by atoms with E-state index in [1.165, 1.54) is 18.4 Å². The summed E-state index contributed by atoms with van der Waals surface area (Å²) in [7, 11) is -0.428. The lowest BCUT2D eigenvalue weighted by molar-refractivity contribution is 0.100. The lowest BCUT2D eigenvalue weighted by Crippen LogP contribution is -2.40. The molecule has 0 radical (unpaired) electrons. The van der Waals surface area contributed by atoms with Gasteiger partial charge in [0.05, 0.1) is 30.9 Å². The molecule has 1 amide bonds. The van der Waals surface area contributed by atoms with Crippen molar-refractivity contribution >= 4 is 25.6 Å². The Morgan fingerprint density at radius 1 is 1.21 bits per heavy atom. The van der Waals surface area contributed by atoms with E-state index in [0.29, 0.717) is 50.4 Å². The van der Waals surface area contributed by atoms with Crippen LogP contribution in [-0.2, 0) is 11.0 Å². The molecule has 178 valence electrons. The highest BCUT2D eigenvalue weighted by Gasteiger charge is 2.37. The van der Waals surface area contributed by atoms with Crippen LogP contribution in [0.5, 0.6) is 5.75 Å². The van der Waals surface area contributed by atoms with E-state index in [-0.39, 0.29) is 10.6 Å². The van der Waals surface area contributed by atoms with Crippen LogP contribution in [0, 0.1) is 18.3 Å². The average Bonchev–Trinajstić information content (AvgIpc) is 3.24. The number of primary amides is 1. The van der Waals surface area contributed by atoms with E-state index >= 15 is 0 Å². The molecule has 0 saturated heterocycles. The van der Waals surface area contributed by atoms with Crippen LogP contribution in [0.2, 0.25) is 18.1 Å². The number of carbonyl (C=O) groups is 1. The Labute approximate surface area is 204 Å². The smallest absolute Gasteiger partial charge is 0.251 e. The number of nitrogens with zero attached hydrogens (tertiary/aromatic N) is 4. The molecule has 0 unspecified atom stereocenters. The van der Waals surface area contributed by atoms with Crippen LogP contribution < -0.4 is 10.5 Å². The lowest BCUT2D eigenvalue weighted by atomic mass is 9.95. The van der Waals surface area contributed by atoms with E-state index in [4.69, 9.17) is 14.9 Å². The standard InChI is InChI=1S/C24H29N5O3SSi/c1-14-10-17(16-11-15(12-25)8-9-18(16)31-5)20(22(26)30)21(27-14)23-29-28-19(33-23)13-32-34(6,7)24(2,3)4/h8-11H,13H2,1-7H3,(H2,26,30). The van der Waals surface area contributed by atoms with Gasteiger partial charge in [-0.25, -0.2) is 4.98 Å². The van der Waals surface area contributed by atoms with Crippen molar-refractivity contribution in [2.24, 2.45) is 5.73 Å². The third-order valence-electron chi connectivity index (χ3n) is 6.04. The lowest BCUT2D eigenvalue weighted by Gasteiger charge is -2.35. The molecule has 34 heavy (non-hydrogen) atoms. The minimum atomic E-state index is -1.96. The minimum Gasteiger partial charge on any atom is -0.496 e. The van der Waals surface area contributed by atoms with Crippen LogP contribution in [-0.4, -0.2) is 36.5 Å². The number of rotatable bonds is 7. The first-order valence-electron chi connectivity index (χ1n) is 10.7. The molecule has 2 N–H and O–H groups in total. The Hall–Kier alpha value is -3.13. The van der Waals surface area contributed by atoms with E-state index in [0.717, 1.165) is 0 Å². The quantitative estimate of drug-likeness (QED) is 0.453. The molecule has 0 aliphatic carbocycles. The summed E-state index contributed by atoms with van der Waals surface area (Å²) >= 11 is 1.32. The number of nitriles is 1. The molecule has 0 bridgehead atoms. The third kappa shape index (κ3) is 5.17. The van der Waals surface area contributed by atoms with Gasteiger partial charge in [-0.05, 0) is 49.3 Å². The molecule has 0 aliphatic heterocycles. The number of hydrogen-bond donors (Lipinski definition) is 1. The number of aryl methyl sites for hydroxylation is 1. The highest BCUT2D eigenvalue weighted by molar-refractivity contribution is 7.14. The summed E-state index contributed by atoms with van der Waals surface area (Å²) in [6, 6.07) is 8.89. The molecule has 1 aromatic carbocycles. The second kappa shape index (κ2) is 9.62. The van der Waals surface area contributed by atoms with Crippen LogP contribution in [0.1, 0.15) is 47.4 Å². The van der Waals surface area contributed by atoms with Gasteiger partial charge in [0.15, 0.2) is 13.3 Å². The molecule has 0 fully saturated rings. The van der Waals surface area contributed by atoms with Crippen LogP contribution in [0.3, 0.4) is 0 Å². The van der Waals surface area contributed by atoms with Gasteiger partial charge in [0.2, 0.25) is 0 Å². The predicted molar refractivity (Wildman–Crippen MR) is 135 cm³/mol. The van der Waals surface area contributed by atoms with Gasteiger partial charge in [0.1, 0.15) is 16.5 Å². The summed E-state index contributed by atoms with van der Waals surface area (Å²) < 4.78 is 11.8. The van der Waals surface area contributed by atoms with Crippen LogP contribution in [0.25, 0.3) is 21.8 Å². The third-order valence-corrected chi connectivity index (χ3v) is 11.4. The first-order chi connectivity index (χ1) is 15.9. The normalized spacial score (nSPS) is 11.8. The Kier molecular flexibility index (Phi) is 7.21. The maximum absolute atomic E-state index is 12.6. The van der Waals surface area contributed by atoms with Gasteiger partial charge in [0, 0.05) is 16.8 Å². The zero-order valence-electron chi connectivity index (χ0n) is 20.5. The molecule has 2 aromatic heterocycles. The molecule has 0 aliphatic rings. The zero-order chi connectivity index (χ0) is 25.3. The Bertz CT molecular complexity index is 1270. The van der Waals surface area contributed by atoms with Crippen molar-refractivity contribution in [2.75, 3.05) is 7.11 Å². The molecule has 0 saturated carbocycles. The summed E-state index contributed by atoms with van der Waals surface area (Å²) in [5.74, 6) is -0.144. The van der Waals surface area contributed by atoms with Gasteiger partial charge < -0.3 is 14.9 Å². The minimum absolute atomic E-state index is 0.0731. The first-order valence-corrected chi connectivity index (χ1v) is 14.5. The van der Waals surface area contributed by atoms with Gasteiger partial charge in [-0.15, -0.1) is 10.2 Å². The van der Waals surface area contributed by atoms with E-state index in [2.05, 4.69) is 55.1 Å². The number of methoxy groups -OCH3 is 1. The molecule has 0 atom stereocenters. The number of carbonyl (C=O) groups excluding carboxylic acids is 1. The monoisotopic (exact) mass is 495 g/mol. The Balaban J connectivity index is 2.10. The summed E-state index contributed by atoms with van der Waals surface area (Å²) in [6.45, 7) is 13.1. The fraction of sp³-hybridized carbons (Fsp3) is 0.375. The number of amides is 1. The van der Waals surface area contributed by atoms with Crippen molar-refractivity contribution in [1.82, 2.24) is 15.2 Å². The van der Waals surface area contributed by atoms with E-state index in [1.807, 2.05) is 6.92 Å². The second-order valence-electron chi connectivity index (χ2n) is 9.48. The van der Waals surface area contributed by atoms with Gasteiger partial charge in [-0.2, -0.15) is 5.26 Å². The van der Waals surface area contributed by atoms with Crippen LogP contribution in [0.4, 0.5) is 0 Å². The van der Waals surface area contributed by atoms with Crippen molar-refractivity contribution in [3.8, 4) is 33.6 Å². The van der Waals surface area contributed by atoms with Gasteiger partial charge in [-0.1, -0.05) is 32.1 Å². The molecule has 3 aromatic rings. The second-order valence-corrected chi connectivity index (χ2v) is 15.3. The maximum Gasteiger partial charge on any atom is 0.251 e. The summed E-state index contributed by atoms with van der Waals surface area (Å²) in [6.07, 6.45) is 0. The fourth-order valence-electron chi connectivity index (χ4n) is 3.14. The first kappa shape index (κ1) is 25.5. The number of aromatic nitrogens is 3. The highest BCUT2D eigenvalue weighted by Crippen LogP contribution is 2.39. The molecule has 0 spiro atoms. The van der Waals surface area contributed by atoms with Gasteiger partial charge in [-0.3, -0.25) is 4.79 Å². The number of hydrogen-bond acceptors (Lipinski definition) is 8. The molecule has 2 heterocycles. The van der Waals surface area contributed by atoms with Gasteiger partial charge in [0.25, 0.3) is 5.91 Å². The highest BCUT2D eigenvalue weighted by atomic mass is 32.1. The molecule has 3 rings (SSSR count). The molecule has 8 nitrogen and oxygen atoms in total. The number of benzene rings is 1. The number of pyridine rings is 1. The SMILES string of the molecule is COc1ccc(C#N)cc1-c1cc(C)nc(-c2nnc(CO[Si](C)(C)C(C)(C)C)s2)c1C(N)=O. The Morgan fingerprint density at radius 2 is 1.91 bits per heavy atom. The summed E-state index contributed by atoms with van der Waals surface area (Å²) in [4.78, 5) is 17.2. The summed E-state index contributed by atoms with van der Waals surface area (Å²) in [5, 5.41) is 19.2. The summed E-state index contributed by atoms with van der Waals surface area (Å²) in [5.41, 5.74) is 8.57. The maximum atomic E-state index is 12.6. The molecular formula is C24H29N5O3SSi. The van der Waals surface area contributed by atoms with E-state index in [9.17, 15) is 10.1 Å². The topological polar surface area (TPSA) is 124 Å². The van der Waals surface area contributed by atoms with Crippen LogP contribution >= 0.6 is 11.3 Å². The van der Waals surface area contributed by atoms with E-state index in [1.54, 1.807) is 24.3 Å². The van der Waals surface area contributed by atoms with Crippen molar-refractivity contribution in [3.63, 3.8) is 0 Å². The fourth-order valence-corrected chi connectivity index (χ4v) is 4.93. The Morgan fingerprint density at radius 3 is 2.50 bits per heavy atom. The van der Waals surface area contributed by atoms with Gasteiger partial charge >= 0.3 is 0 Å². The van der Waals surface area contributed by atoms with Crippen LogP contribution in [0.15, 0.2) is 24.3 Å². The van der Waals surface area contributed by atoms with Crippen molar-refractivity contribution in [2.45, 2.75) is 52.4 Å². The molecular weight excluding hydrogens is 466 g/mol. The molecule has 10 heteroatoms. The number of nitrogens with two attached hydrogens (primary N) is 1. The zero-order valence-corrected chi connectivity index (χ0v) is 22.3. The van der Waals surface area contributed by atoms with Crippen molar-refractivity contribution < 1.29 is 14.0 Å². The average molecular weight is 496 g/mol. The van der Waals surface area contributed by atoms with Crippen molar-refractivity contribution in [1.29, 1.82) is 5.26 Å². The van der Waals surface area contributed by atoms with Crippen molar-refractivity contribution in [3.05, 3.63) is 46.1 Å². The predicted octanol–water partition coefficient (Wildman–Crippen LogP) is 5.08. The number of ether oxygens (including phenoxy) is 1. The largest absolute Gasteiger partial charge is 0.496 e.